The van der Waals surface area contributed by atoms with Crippen LogP contribution in [-0.4, -0.2) is 49.1 Å². The molecule has 0 saturated heterocycles. The maximum absolute atomic E-state index is 11.1. The Labute approximate surface area is 95.3 Å². The second-order valence-electron chi connectivity index (χ2n) is 2.74. The van der Waals surface area contributed by atoms with Gasteiger partial charge in [0.1, 0.15) is 5.70 Å². The first kappa shape index (κ1) is 17.3. The minimum Gasteiger partial charge on any atom is -0.461 e. The maximum Gasteiger partial charge on any atom is 0.394 e. The molecule has 0 amide bonds. The molecule has 0 aromatic heterocycles. The second-order valence-corrected chi connectivity index (χ2v) is 3.63. The summed E-state index contributed by atoms with van der Waals surface area (Å²) in [5, 5.41) is 0. The molecule has 0 aromatic rings. The van der Waals surface area contributed by atoms with Crippen LogP contribution in [0.5, 0.6) is 0 Å². The molecule has 0 aromatic carbocycles. The molecule has 16 heavy (non-hydrogen) atoms. The average molecular weight is 255 g/mol. The van der Waals surface area contributed by atoms with Crippen molar-refractivity contribution in [2.45, 2.75) is 13.8 Å². The molecule has 0 rings (SSSR count). The summed E-state index contributed by atoms with van der Waals surface area (Å²) in [5.74, 6) is -0.264. The normalized spacial score (nSPS) is 11.2. The molecule has 0 saturated carbocycles. The minimum atomic E-state index is -4.67. The lowest BCUT2D eigenvalue weighted by Crippen LogP contribution is -2.21. The van der Waals surface area contributed by atoms with Gasteiger partial charge in [-0.25, -0.2) is 4.79 Å². The fraction of sp³-hybridized carbons (Fsp3) is 0.625. The van der Waals surface area contributed by atoms with Crippen LogP contribution in [0.4, 0.5) is 0 Å². The molecule has 0 aliphatic carbocycles. The Hall–Kier alpha value is -1.12. The molecule has 96 valence electrons. The molecule has 0 spiro atoms. The largest absolute Gasteiger partial charge is 0.461 e. The van der Waals surface area contributed by atoms with Crippen LogP contribution in [0, 0.1) is 0 Å². The number of nitrogens with zero attached hydrogens (tertiary/aromatic N) is 1. The lowest BCUT2D eigenvalue weighted by Gasteiger charge is -2.14. The minimum absolute atomic E-state index is 0.264. The predicted molar refractivity (Wildman–Crippen MR) is 58.3 cm³/mol. The Morgan fingerprint density at radius 3 is 1.94 bits per heavy atom. The van der Waals surface area contributed by atoms with Gasteiger partial charge in [0.2, 0.25) is 0 Å². The van der Waals surface area contributed by atoms with Crippen LogP contribution < -0.4 is 0 Å². The van der Waals surface area contributed by atoms with Crippen molar-refractivity contribution in [2.24, 2.45) is 0 Å². The molecule has 0 aliphatic heterocycles. The molecule has 0 heterocycles. The van der Waals surface area contributed by atoms with Gasteiger partial charge in [-0.3, -0.25) is 9.11 Å². The van der Waals surface area contributed by atoms with Crippen LogP contribution in [0.1, 0.15) is 13.8 Å². The molecule has 0 unspecified atom stereocenters. The van der Waals surface area contributed by atoms with Crippen LogP contribution in [0.3, 0.4) is 0 Å². The Balaban J connectivity index is 0. The predicted octanol–water partition coefficient (Wildman–Crippen LogP) is 0.362. The number of likely N-dealkylation sites (N-methyl/N-ethyl adjacent to an activating group) is 1. The van der Waals surface area contributed by atoms with Gasteiger partial charge in [-0.2, -0.15) is 8.42 Å². The van der Waals surface area contributed by atoms with Crippen LogP contribution in [0.25, 0.3) is 0 Å². The number of carbonyl (C=O) groups excluding carboxylic acids is 1. The van der Waals surface area contributed by atoms with Gasteiger partial charge in [0.15, 0.2) is 0 Å². The number of esters is 1. The molecular weight excluding hydrogens is 238 g/mol. The van der Waals surface area contributed by atoms with E-state index in [1.807, 2.05) is 21.0 Å². The molecule has 7 nitrogen and oxygen atoms in total. The quantitative estimate of drug-likeness (QED) is 0.426. The van der Waals surface area contributed by atoms with E-state index < -0.39 is 10.4 Å². The number of ether oxygens (including phenoxy) is 1. The van der Waals surface area contributed by atoms with E-state index in [1.54, 1.807) is 17.9 Å². The van der Waals surface area contributed by atoms with Crippen molar-refractivity contribution in [1.29, 1.82) is 0 Å². The van der Waals surface area contributed by atoms with Gasteiger partial charge < -0.3 is 9.64 Å². The zero-order valence-corrected chi connectivity index (χ0v) is 10.5. The highest BCUT2D eigenvalue weighted by atomic mass is 32.3. The van der Waals surface area contributed by atoms with Crippen molar-refractivity contribution in [3.8, 4) is 0 Å². The average Bonchev–Trinajstić information content (AvgIpc) is 2.01. The highest BCUT2D eigenvalue weighted by Crippen LogP contribution is 2.00. The van der Waals surface area contributed by atoms with E-state index in [9.17, 15) is 4.79 Å². The standard InChI is InChI=1S/C8H15NO2.H2O4S/c1-5-7(9(3)4)8(10)11-6-2;1-5(2,3)4/h5H,6H2,1-4H3;(H2,1,2,3,4). The Bertz CT molecular complexity index is 324. The lowest BCUT2D eigenvalue weighted by molar-refractivity contribution is -0.140. The van der Waals surface area contributed by atoms with Crippen molar-refractivity contribution < 1.29 is 27.1 Å². The number of carbonyl (C=O) groups is 1. The third kappa shape index (κ3) is 12.9. The zero-order chi connectivity index (χ0) is 13.4. The summed E-state index contributed by atoms with van der Waals surface area (Å²) in [5.41, 5.74) is 0.590. The molecule has 0 bridgehead atoms. The second kappa shape index (κ2) is 8.08. The third-order valence-corrected chi connectivity index (χ3v) is 1.24. The van der Waals surface area contributed by atoms with E-state index in [0.29, 0.717) is 12.3 Å². The topological polar surface area (TPSA) is 104 Å². The van der Waals surface area contributed by atoms with E-state index in [4.69, 9.17) is 22.3 Å². The van der Waals surface area contributed by atoms with Gasteiger partial charge in [0, 0.05) is 14.1 Å². The van der Waals surface area contributed by atoms with Gasteiger partial charge in [-0.05, 0) is 13.8 Å². The van der Waals surface area contributed by atoms with Gasteiger partial charge in [0.05, 0.1) is 6.61 Å². The summed E-state index contributed by atoms with van der Waals surface area (Å²) in [6.45, 7) is 4.02. The summed E-state index contributed by atoms with van der Waals surface area (Å²) in [4.78, 5) is 12.8. The van der Waals surface area contributed by atoms with E-state index >= 15 is 0 Å². The van der Waals surface area contributed by atoms with Crippen molar-refractivity contribution in [3.63, 3.8) is 0 Å². The molecule has 8 heteroatoms. The molecule has 0 fully saturated rings. The highest BCUT2D eigenvalue weighted by Gasteiger charge is 2.09. The lowest BCUT2D eigenvalue weighted by atomic mass is 10.4. The molecule has 0 atom stereocenters. The SMILES string of the molecule is CC=C(C(=O)OCC)N(C)C.O=S(=O)(O)O. The summed E-state index contributed by atoms with van der Waals surface area (Å²) in [6.07, 6.45) is 1.73. The van der Waals surface area contributed by atoms with Crippen LogP contribution in [0.2, 0.25) is 0 Å². The summed E-state index contributed by atoms with van der Waals surface area (Å²) >= 11 is 0. The van der Waals surface area contributed by atoms with Crippen molar-refractivity contribution in [2.75, 3.05) is 20.7 Å². The van der Waals surface area contributed by atoms with Crippen molar-refractivity contribution >= 4 is 16.4 Å². The van der Waals surface area contributed by atoms with Gasteiger partial charge in [-0.15, -0.1) is 0 Å². The third-order valence-electron chi connectivity index (χ3n) is 1.24. The van der Waals surface area contributed by atoms with E-state index in [-0.39, 0.29) is 5.97 Å². The molecular formula is C8H17NO6S. The first-order valence-electron chi connectivity index (χ1n) is 4.34. The Morgan fingerprint density at radius 1 is 1.38 bits per heavy atom. The van der Waals surface area contributed by atoms with Crippen LogP contribution in [-0.2, 0) is 19.9 Å². The number of allylic oxidation sites excluding steroid dienone is 1. The van der Waals surface area contributed by atoms with Gasteiger partial charge in [0.25, 0.3) is 0 Å². The van der Waals surface area contributed by atoms with E-state index in [0.717, 1.165) is 0 Å². The fourth-order valence-electron chi connectivity index (χ4n) is 0.764. The van der Waals surface area contributed by atoms with E-state index in [2.05, 4.69) is 0 Å². The van der Waals surface area contributed by atoms with E-state index in [1.165, 1.54) is 0 Å². The monoisotopic (exact) mass is 255 g/mol. The summed E-state index contributed by atoms with van der Waals surface area (Å²) in [7, 11) is -1.04. The highest BCUT2D eigenvalue weighted by molar-refractivity contribution is 7.79. The number of hydrogen-bond acceptors (Lipinski definition) is 5. The number of hydrogen-bond donors (Lipinski definition) is 2. The van der Waals surface area contributed by atoms with Crippen LogP contribution >= 0.6 is 0 Å². The molecule has 0 radical (unpaired) electrons. The van der Waals surface area contributed by atoms with Crippen molar-refractivity contribution in [1.82, 2.24) is 4.90 Å². The summed E-state index contributed by atoms with van der Waals surface area (Å²) in [6, 6.07) is 0. The summed E-state index contributed by atoms with van der Waals surface area (Å²) < 4.78 is 36.4. The Kier molecular flexibility index (Phi) is 8.73. The molecule has 0 aliphatic rings. The first-order valence-corrected chi connectivity index (χ1v) is 5.73. The smallest absolute Gasteiger partial charge is 0.394 e. The number of rotatable bonds is 3. The molecule has 2 N–H and O–H groups in total. The van der Waals surface area contributed by atoms with Crippen molar-refractivity contribution in [3.05, 3.63) is 11.8 Å². The first-order chi connectivity index (χ1) is 7.13. The fourth-order valence-corrected chi connectivity index (χ4v) is 0.764. The van der Waals surface area contributed by atoms with Crippen LogP contribution in [0.15, 0.2) is 11.8 Å². The maximum atomic E-state index is 11.1. The zero-order valence-electron chi connectivity index (χ0n) is 9.67. The van der Waals surface area contributed by atoms with Gasteiger partial charge in [-0.1, -0.05) is 6.08 Å². The Morgan fingerprint density at radius 2 is 1.75 bits per heavy atom. The van der Waals surface area contributed by atoms with Gasteiger partial charge >= 0.3 is 16.4 Å².